The van der Waals surface area contributed by atoms with Crippen LogP contribution in [0.5, 0.6) is 5.75 Å². The van der Waals surface area contributed by atoms with Gasteiger partial charge in [-0.05, 0) is 17.7 Å². The van der Waals surface area contributed by atoms with E-state index >= 15 is 0 Å². The SMILES string of the molecule is CCc1nsc(N2CCN(C(=NC)NCc3cccc(OCC(F)F)c3)CC2)n1.I. The molecule has 30 heavy (non-hydrogen) atoms. The number of nitrogens with one attached hydrogen (secondary N) is 1. The molecule has 0 saturated carbocycles. The van der Waals surface area contributed by atoms with Crippen molar-refractivity contribution in [2.75, 3.05) is 44.7 Å². The number of anilines is 1. The summed E-state index contributed by atoms with van der Waals surface area (Å²) in [5, 5.41) is 4.32. The summed E-state index contributed by atoms with van der Waals surface area (Å²) in [5.41, 5.74) is 0.942. The topological polar surface area (TPSA) is 65.9 Å². The van der Waals surface area contributed by atoms with Crippen molar-refractivity contribution in [3.63, 3.8) is 0 Å². The molecule has 1 aliphatic rings. The molecule has 0 aliphatic carbocycles. The van der Waals surface area contributed by atoms with Crippen LogP contribution in [0.15, 0.2) is 29.3 Å². The summed E-state index contributed by atoms with van der Waals surface area (Å²) in [6, 6.07) is 7.17. The molecule has 0 unspecified atom stereocenters. The van der Waals surface area contributed by atoms with Crippen molar-refractivity contribution < 1.29 is 13.5 Å². The smallest absolute Gasteiger partial charge is 0.272 e. The van der Waals surface area contributed by atoms with Crippen molar-refractivity contribution in [2.24, 2.45) is 4.99 Å². The summed E-state index contributed by atoms with van der Waals surface area (Å²) in [6.07, 6.45) is -1.63. The molecule has 7 nitrogen and oxygen atoms in total. The molecule has 166 valence electrons. The molecular weight excluding hydrogens is 525 g/mol. The standard InChI is InChI=1S/C19H26F2N6OS.HI/c1-3-17-24-19(29-25-17)27-9-7-26(8-10-27)18(22-2)23-12-14-5-4-6-15(11-14)28-13-16(20)21;/h4-6,11,16H,3,7-10,12-13H2,1-2H3,(H,22,23);1H. The highest BCUT2D eigenvalue weighted by Gasteiger charge is 2.22. The summed E-state index contributed by atoms with van der Waals surface area (Å²) >= 11 is 1.45. The molecular formula is C19H27F2IN6OS. The number of hydrogen-bond donors (Lipinski definition) is 1. The molecule has 1 aromatic carbocycles. The average molecular weight is 552 g/mol. The zero-order valence-corrected chi connectivity index (χ0v) is 20.2. The lowest BCUT2D eigenvalue weighted by atomic mass is 10.2. The lowest BCUT2D eigenvalue weighted by Crippen LogP contribution is -2.52. The first kappa shape index (κ1) is 24.5. The Morgan fingerprint density at radius 1 is 1.30 bits per heavy atom. The Morgan fingerprint density at radius 2 is 2.07 bits per heavy atom. The van der Waals surface area contributed by atoms with Gasteiger partial charge in [-0.25, -0.2) is 13.8 Å². The Hall–Kier alpha value is -1.76. The van der Waals surface area contributed by atoms with E-state index in [1.165, 1.54) is 11.5 Å². The predicted octanol–water partition coefficient (Wildman–Crippen LogP) is 3.26. The van der Waals surface area contributed by atoms with Crippen molar-refractivity contribution in [3.05, 3.63) is 35.7 Å². The Morgan fingerprint density at radius 3 is 2.70 bits per heavy atom. The molecule has 1 fully saturated rings. The highest BCUT2D eigenvalue weighted by molar-refractivity contribution is 14.0. The molecule has 0 amide bonds. The number of halogens is 3. The maximum atomic E-state index is 12.3. The summed E-state index contributed by atoms with van der Waals surface area (Å²) < 4.78 is 34.1. The number of rotatable bonds is 7. The number of ether oxygens (including phenoxy) is 1. The van der Waals surface area contributed by atoms with Crippen LogP contribution in [0.4, 0.5) is 13.9 Å². The maximum absolute atomic E-state index is 12.3. The Balaban J connectivity index is 0.00000320. The van der Waals surface area contributed by atoms with Crippen LogP contribution in [0.2, 0.25) is 0 Å². The van der Waals surface area contributed by atoms with E-state index in [0.717, 1.165) is 55.1 Å². The van der Waals surface area contributed by atoms with Gasteiger partial charge in [-0.2, -0.15) is 4.37 Å². The third kappa shape index (κ3) is 6.89. The van der Waals surface area contributed by atoms with Gasteiger partial charge in [0.1, 0.15) is 18.2 Å². The van der Waals surface area contributed by atoms with Gasteiger partial charge in [-0.3, -0.25) is 4.99 Å². The first-order valence-electron chi connectivity index (χ1n) is 9.62. The van der Waals surface area contributed by atoms with Crippen molar-refractivity contribution in [1.29, 1.82) is 0 Å². The minimum absolute atomic E-state index is 0. The van der Waals surface area contributed by atoms with Gasteiger partial charge in [-0.1, -0.05) is 19.1 Å². The van der Waals surface area contributed by atoms with Gasteiger partial charge < -0.3 is 19.9 Å². The van der Waals surface area contributed by atoms with Gasteiger partial charge in [0.15, 0.2) is 5.96 Å². The minimum atomic E-state index is -2.48. The van der Waals surface area contributed by atoms with Gasteiger partial charge >= 0.3 is 0 Å². The molecule has 3 rings (SSSR count). The van der Waals surface area contributed by atoms with Gasteiger partial charge in [-0.15, -0.1) is 24.0 Å². The van der Waals surface area contributed by atoms with Crippen molar-refractivity contribution in [2.45, 2.75) is 26.3 Å². The highest BCUT2D eigenvalue weighted by atomic mass is 127. The van der Waals surface area contributed by atoms with Crippen molar-refractivity contribution in [1.82, 2.24) is 19.6 Å². The predicted molar refractivity (Wildman–Crippen MR) is 127 cm³/mol. The quantitative estimate of drug-likeness (QED) is 0.323. The largest absolute Gasteiger partial charge is 0.488 e. The number of aliphatic imine (C=N–C) groups is 1. The fourth-order valence-electron chi connectivity index (χ4n) is 3.04. The second-order valence-corrected chi connectivity index (χ2v) is 7.30. The summed E-state index contributed by atoms with van der Waals surface area (Å²) in [7, 11) is 1.76. The van der Waals surface area contributed by atoms with Crippen LogP contribution >= 0.6 is 35.5 Å². The first-order chi connectivity index (χ1) is 14.1. The van der Waals surface area contributed by atoms with E-state index in [0.29, 0.717) is 12.3 Å². The molecule has 2 heterocycles. The molecule has 0 radical (unpaired) electrons. The fourth-order valence-corrected chi connectivity index (χ4v) is 3.85. The molecule has 2 aromatic rings. The number of hydrogen-bond acceptors (Lipinski definition) is 6. The maximum Gasteiger partial charge on any atom is 0.272 e. The van der Waals surface area contributed by atoms with Crippen LogP contribution < -0.4 is 15.0 Å². The Bertz CT molecular complexity index is 814. The molecule has 0 atom stereocenters. The normalized spacial score (nSPS) is 14.6. The van der Waals surface area contributed by atoms with Crippen LogP contribution in [-0.2, 0) is 13.0 Å². The zero-order valence-electron chi connectivity index (χ0n) is 17.1. The van der Waals surface area contributed by atoms with Crippen LogP contribution in [0.3, 0.4) is 0 Å². The molecule has 1 aliphatic heterocycles. The van der Waals surface area contributed by atoms with Gasteiger partial charge in [0.05, 0.1) is 0 Å². The summed E-state index contributed by atoms with van der Waals surface area (Å²) in [6.45, 7) is 5.37. The first-order valence-corrected chi connectivity index (χ1v) is 10.4. The number of piperazine rings is 1. The second-order valence-electron chi connectivity index (χ2n) is 6.57. The van der Waals surface area contributed by atoms with E-state index in [-0.39, 0.29) is 24.0 Å². The molecule has 0 spiro atoms. The number of aromatic nitrogens is 2. The molecule has 1 saturated heterocycles. The number of alkyl halides is 2. The van der Waals surface area contributed by atoms with E-state index in [1.807, 2.05) is 6.07 Å². The summed E-state index contributed by atoms with van der Waals surface area (Å²) in [5.74, 6) is 2.15. The third-order valence-corrected chi connectivity index (χ3v) is 5.38. The lowest BCUT2D eigenvalue weighted by Gasteiger charge is -2.36. The number of guanidine groups is 1. The summed E-state index contributed by atoms with van der Waals surface area (Å²) in [4.78, 5) is 13.4. The Kier molecular flexibility index (Phi) is 9.95. The van der Waals surface area contributed by atoms with E-state index in [1.54, 1.807) is 25.2 Å². The van der Waals surface area contributed by atoms with E-state index < -0.39 is 13.0 Å². The zero-order chi connectivity index (χ0) is 20.6. The van der Waals surface area contributed by atoms with Crippen LogP contribution in [0.25, 0.3) is 0 Å². The number of aryl methyl sites for hydroxylation is 1. The van der Waals surface area contributed by atoms with Crippen molar-refractivity contribution in [3.8, 4) is 5.75 Å². The van der Waals surface area contributed by atoms with Crippen LogP contribution in [0.1, 0.15) is 18.3 Å². The van der Waals surface area contributed by atoms with E-state index in [4.69, 9.17) is 4.74 Å². The minimum Gasteiger partial charge on any atom is -0.488 e. The fraction of sp³-hybridized carbons (Fsp3) is 0.526. The van der Waals surface area contributed by atoms with Gasteiger partial charge in [0.25, 0.3) is 6.43 Å². The number of nitrogens with zero attached hydrogens (tertiary/aromatic N) is 5. The van der Waals surface area contributed by atoms with Crippen molar-refractivity contribution >= 4 is 46.6 Å². The van der Waals surface area contributed by atoms with E-state index in [9.17, 15) is 8.78 Å². The highest BCUT2D eigenvalue weighted by Crippen LogP contribution is 2.19. The number of benzene rings is 1. The molecule has 1 N–H and O–H groups in total. The van der Waals surface area contributed by atoms with Gasteiger partial charge in [0, 0.05) is 57.7 Å². The molecule has 11 heteroatoms. The molecule has 1 aromatic heterocycles. The average Bonchev–Trinajstić information content (AvgIpc) is 3.23. The Labute approximate surface area is 196 Å². The third-order valence-electron chi connectivity index (χ3n) is 4.56. The van der Waals surface area contributed by atoms with Crippen LogP contribution in [0, 0.1) is 0 Å². The second kappa shape index (κ2) is 12.2. The van der Waals surface area contributed by atoms with Crippen LogP contribution in [-0.4, -0.2) is 66.5 Å². The van der Waals surface area contributed by atoms with Gasteiger partial charge in [0.2, 0.25) is 5.13 Å². The molecule has 0 bridgehead atoms. The monoisotopic (exact) mass is 552 g/mol. The lowest BCUT2D eigenvalue weighted by molar-refractivity contribution is 0.0818. The van der Waals surface area contributed by atoms with E-state index in [2.05, 4.69) is 36.4 Å².